The van der Waals surface area contributed by atoms with E-state index in [2.05, 4.69) is 24.3 Å². The standard InChI is InChI=1S/C26H34O2S/c1-17-11-19(13-23(25(17)27)21-7-3-4-8-21)15-29-16-20-12-18(2)26(28)24(14-20)22-9-5-6-10-22/h11-14,21-22,27-28H,3-10,15-16H2,1-2H3. The molecule has 2 fully saturated rings. The van der Waals surface area contributed by atoms with Crippen molar-refractivity contribution in [1.82, 2.24) is 0 Å². The highest BCUT2D eigenvalue weighted by atomic mass is 32.2. The highest BCUT2D eigenvalue weighted by Gasteiger charge is 2.23. The van der Waals surface area contributed by atoms with Crippen LogP contribution in [0.25, 0.3) is 0 Å². The molecule has 0 atom stereocenters. The van der Waals surface area contributed by atoms with E-state index in [0.29, 0.717) is 23.3 Å². The van der Waals surface area contributed by atoms with E-state index >= 15 is 0 Å². The summed E-state index contributed by atoms with van der Waals surface area (Å²) in [5.74, 6) is 4.01. The van der Waals surface area contributed by atoms with Gasteiger partial charge in [-0.2, -0.15) is 11.8 Å². The maximum absolute atomic E-state index is 10.5. The van der Waals surface area contributed by atoms with Gasteiger partial charge < -0.3 is 10.2 Å². The quantitative estimate of drug-likeness (QED) is 0.519. The Morgan fingerprint density at radius 3 is 1.45 bits per heavy atom. The Balaban J connectivity index is 1.45. The predicted octanol–water partition coefficient (Wildman–Crippen LogP) is 7.46. The van der Waals surface area contributed by atoms with Crippen LogP contribution < -0.4 is 0 Å². The maximum atomic E-state index is 10.5. The molecule has 2 aromatic rings. The first kappa shape index (κ1) is 20.7. The van der Waals surface area contributed by atoms with Crippen molar-refractivity contribution in [2.45, 2.75) is 88.6 Å². The van der Waals surface area contributed by atoms with E-state index in [4.69, 9.17) is 0 Å². The SMILES string of the molecule is Cc1cc(CSCc2cc(C)c(O)c(C3CCCC3)c2)cc(C2CCCC2)c1O. The summed E-state index contributed by atoms with van der Waals surface area (Å²) >= 11 is 1.93. The molecule has 0 unspecified atom stereocenters. The fourth-order valence-electron chi connectivity index (χ4n) is 5.32. The normalized spacial score (nSPS) is 18.0. The highest BCUT2D eigenvalue weighted by molar-refractivity contribution is 7.97. The molecule has 3 heteroatoms. The molecule has 2 N–H and O–H groups in total. The predicted molar refractivity (Wildman–Crippen MR) is 123 cm³/mol. The Bertz CT molecular complexity index is 790. The Morgan fingerprint density at radius 1 is 0.690 bits per heavy atom. The molecule has 0 saturated heterocycles. The van der Waals surface area contributed by atoms with E-state index in [1.807, 2.05) is 25.6 Å². The van der Waals surface area contributed by atoms with E-state index in [0.717, 1.165) is 22.6 Å². The molecule has 2 aromatic carbocycles. The first-order valence-corrected chi connectivity index (χ1v) is 12.4. The molecular weight excluding hydrogens is 376 g/mol. The molecule has 2 nitrogen and oxygen atoms in total. The van der Waals surface area contributed by atoms with Crippen LogP contribution in [0.2, 0.25) is 0 Å². The smallest absolute Gasteiger partial charge is 0.121 e. The van der Waals surface area contributed by atoms with Gasteiger partial charge in [-0.15, -0.1) is 0 Å². The summed E-state index contributed by atoms with van der Waals surface area (Å²) in [6.07, 6.45) is 9.97. The summed E-state index contributed by atoms with van der Waals surface area (Å²) in [5.41, 5.74) is 6.99. The van der Waals surface area contributed by atoms with Crippen molar-refractivity contribution in [2.24, 2.45) is 0 Å². The van der Waals surface area contributed by atoms with E-state index in [9.17, 15) is 10.2 Å². The Labute approximate surface area is 179 Å². The van der Waals surface area contributed by atoms with Gasteiger partial charge in [0.25, 0.3) is 0 Å². The molecule has 0 amide bonds. The first-order chi connectivity index (χ1) is 14.0. The lowest BCUT2D eigenvalue weighted by Crippen LogP contribution is -1.98. The number of aryl methyl sites for hydroxylation is 2. The van der Waals surface area contributed by atoms with Crippen molar-refractivity contribution in [3.8, 4) is 11.5 Å². The molecule has 4 rings (SSSR count). The molecular formula is C26H34O2S. The second-order valence-electron chi connectivity index (χ2n) is 9.16. The van der Waals surface area contributed by atoms with E-state index in [1.165, 1.54) is 73.6 Å². The number of aromatic hydroxyl groups is 2. The number of phenolic OH excluding ortho intramolecular Hbond substituents is 2. The van der Waals surface area contributed by atoms with Crippen molar-refractivity contribution < 1.29 is 10.2 Å². The van der Waals surface area contributed by atoms with Crippen molar-refractivity contribution in [1.29, 1.82) is 0 Å². The van der Waals surface area contributed by atoms with Gasteiger partial charge in [-0.1, -0.05) is 49.9 Å². The minimum atomic E-state index is 0.515. The summed E-state index contributed by atoms with van der Waals surface area (Å²) in [4.78, 5) is 0. The van der Waals surface area contributed by atoms with E-state index < -0.39 is 0 Å². The lowest BCUT2D eigenvalue weighted by Gasteiger charge is -2.17. The van der Waals surface area contributed by atoms with Gasteiger partial charge in [0.1, 0.15) is 11.5 Å². The third-order valence-electron chi connectivity index (χ3n) is 6.91. The van der Waals surface area contributed by atoms with Crippen LogP contribution in [0.3, 0.4) is 0 Å². The van der Waals surface area contributed by atoms with Crippen LogP contribution in [0.1, 0.15) is 96.6 Å². The van der Waals surface area contributed by atoms with Gasteiger partial charge in [-0.25, -0.2) is 0 Å². The molecule has 0 aromatic heterocycles. The number of thioether (sulfide) groups is 1. The third kappa shape index (κ3) is 4.60. The largest absolute Gasteiger partial charge is 0.507 e. The molecule has 2 saturated carbocycles. The van der Waals surface area contributed by atoms with Crippen LogP contribution in [-0.2, 0) is 11.5 Å². The monoisotopic (exact) mass is 410 g/mol. The highest BCUT2D eigenvalue weighted by Crippen LogP contribution is 2.42. The van der Waals surface area contributed by atoms with Crippen molar-refractivity contribution >= 4 is 11.8 Å². The Kier molecular flexibility index (Phi) is 6.44. The molecule has 0 aliphatic heterocycles. The van der Waals surface area contributed by atoms with Crippen LogP contribution in [0, 0.1) is 13.8 Å². The second kappa shape index (κ2) is 9.04. The van der Waals surface area contributed by atoms with Crippen molar-refractivity contribution in [3.05, 3.63) is 57.6 Å². The van der Waals surface area contributed by atoms with Gasteiger partial charge in [-0.05, 0) is 84.7 Å². The van der Waals surface area contributed by atoms with E-state index in [-0.39, 0.29) is 0 Å². The van der Waals surface area contributed by atoms with Gasteiger partial charge in [0, 0.05) is 11.5 Å². The van der Waals surface area contributed by atoms with Crippen molar-refractivity contribution in [3.63, 3.8) is 0 Å². The first-order valence-electron chi connectivity index (χ1n) is 11.3. The van der Waals surface area contributed by atoms with Crippen LogP contribution in [-0.4, -0.2) is 10.2 Å². The van der Waals surface area contributed by atoms with Crippen LogP contribution >= 0.6 is 11.8 Å². The molecule has 0 bridgehead atoms. The van der Waals surface area contributed by atoms with Gasteiger partial charge >= 0.3 is 0 Å². The fourth-order valence-corrected chi connectivity index (χ4v) is 6.22. The average molecular weight is 411 g/mol. The summed E-state index contributed by atoms with van der Waals surface area (Å²) in [6.45, 7) is 4.05. The van der Waals surface area contributed by atoms with Gasteiger partial charge in [-0.3, -0.25) is 0 Å². The van der Waals surface area contributed by atoms with Crippen LogP contribution in [0.15, 0.2) is 24.3 Å². The Morgan fingerprint density at radius 2 is 1.07 bits per heavy atom. The lowest BCUT2D eigenvalue weighted by molar-refractivity contribution is 0.456. The number of hydrogen-bond donors (Lipinski definition) is 2. The second-order valence-corrected chi connectivity index (χ2v) is 10.1. The zero-order valence-electron chi connectivity index (χ0n) is 17.8. The lowest BCUT2D eigenvalue weighted by atomic mass is 9.93. The number of hydrogen-bond acceptors (Lipinski definition) is 3. The zero-order chi connectivity index (χ0) is 20.4. The fraction of sp³-hybridized carbons (Fsp3) is 0.538. The van der Waals surface area contributed by atoms with Crippen LogP contribution in [0.4, 0.5) is 0 Å². The summed E-state index contributed by atoms with van der Waals surface area (Å²) < 4.78 is 0. The van der Waals surface area contributed by atoms with Gasteiger partial charge in [0.05, 0.1) is 0 Å². The van der Waals surface area contributed by atoms with Gasteiger partial charge in [0.2, 0.25) is 0 Å². The topological polar surface area (TPSA) is 40.5 Å². The summed E-state index contributed by atoms with van der Waals surface area (Å²) in [7, 11) is 0. The number of benzene rings is 2. The Hall–Kier alpha value is -1.61. The molecule has 0 spiro atoms. The number of phenols is 2. The summed E-state index contributed by atoms with van der Waals surface area (Å²) in [6, 6.07) is 8.79. The molecule has 0 heterocycles. The van der Waals surface area contributed by atoms with E-state index in [1.54, 1.807) is 0 Å². The molecule has 29 heavy (non-hydrogen) atoms. The third-order valence-corrected chi connectivity index (χ3v) is 7.98. The van der Waals surface area contributed by atoms with Crippen molar-refractivity contribution in [2.75, 3.05) is 0 Å². The summed E-state index contributed by atoms with van der Waals surface area (Å²) in [5, 5.41) is 21.1. The maximum Gasteiger partial charge on any atom is 0.121 e. The average Bonchev–Trinajstić information content (AvgIpc) is 3.41. The molecule has 2 aliphatic carbocycles. The minimum absolute atomic E-state index is 0.515. The molecule has 0 radical (unpaired) electrons. The zero-order valence-corrected chi connectivity index (χ0v) is 18.7. The van der Waals surface area contributed by atoms with Crippen LogP contribution in [0.5, 0.6) is 11.5 Å². The number of rotatable bonds is 6. The minimum Gasteiger partial charge on any atom is -0.507 e. The molecule has 156 valence electrons. The molecule has 2 aliphatic rings. The van der Waals surface area contributed by atoms with Gasteiger partial charge in [0.15, 0.2) is 0 Å².